The zero-order chi connectivity index (χ0) is 18.7. The molecule has 2 fully saturated rings. The highest BCUT2D eigenvalue weighted by Gasteiger charge is 2.35. The lowest BCUT2D eigenvalue weighted by Crippen LogP contribution is -2.50. The number of nitrogens with zero attached hydrogens (tertiary/aromatic N) is 2. The fourth-order valence-corrected chi connectivity index (χ4v) is 3.72. The molecule has 2 aliphatic heterocycles. The molecule has 2 amide bonds. The van der Waals surface area contributed by atoms with Crippen LogP contribution in [0.3, 0.4) is 0 Å². The molecule has 140 valence electrons. The summed E-state index contributed by atoms with van der Waals surface area (Å²) in [5.41, 5.74) is 0.773. The summed E-state index contributed by atoms with van der Waals surface area (Å²) in [6, 6.07) is 6.81. The van der Waals surface area contributed by atoms with Gasteiger partial charge < -0.3 is 19.6 Å². The minimum Gasteiger partial charge on any atom is -0.484 e. The number of amides is 2. The van der Waals surface area contributed by atoms with Gasteiger partial charge in [0, 0.05) is 37.3 Å². The van der Waals surface area contributed by atoms with Crippen molar-refractivity contribution < 1.29 is 24.2 Å². The van der Waals surface area contributed by atoms with E-state index in [-0.39, 0.29) is 24.5 Å². The molecule has 0 bridgehead atoms. The first-order valence-corrected chi connectivity index (χ1v) is 9.03. The Bertz CT molecular complexity index is 705. The zero-order valence-electron chi connectivity index (χ0n) is 14.9. The second kappa shape index (κ2) is 7.76. The maximum Gasteiger partial charge on any atom is 0.308 e. The van der Waals surface area contributed by atoms with Gasteiger partial charge in [-0.2, -0.15) is 0 Å². The Labute approximate surface area is 152 Å². The Morgan fingerprint density at radius 2 is 2.08 bits per heavy atom. The molecule has 0 radical (unpaired) electrons. The highest BCUT2D eigenvalue weighted by molar-refractivity contribution is 5.95. The largest absolute Gasteiger partial charge is 0.484 e. The number of carboxylic acids is 1. The number of likely N-dealkylation sites (tertiary alicyclic amines) is 1. The minimum absolute atomic E-state index is 0.0973. The van der Waals surface area contributed by atoms with Crippen molar-refractivity contribution in [2.45, 2.75) is 38.6 Å². The van der Waals surface area contributed by atoms with Crippen LogP contribution in [0.15, 0.2) is 24.3 Å². The first kappa shape index (κ1) is 18.2. The summed E-state index contributed by atoms with van der Waals surface area (Å²) in [5, 5.41) is 9.27. The Balaban J connectivity index is 1.61. The first-order valence-electron chi connectivity index (χ1n) is 9.03. The van der Waals surface area contributed by atoms with Crippen LogP contribution >= 0.6 is 0 Å². The zero-order valence-corrected chi connectivity index (χ0v) is 14.9. The summed E-state index contributed by atoms with van der Waals surface area (Å²) in [4.78, 5) is 39.0. The standard InChI is InChI=1S/C19H24N2O5/c1-13-16(19(24)25)7-3-9-20(13)18(23)12-26-15-6-2-5-14(11-15)21-10-4-8-17(21)22/h2,5-6,11,13,16H,3-4,7-10,12H2,1H3,(H,24,25)/t13-,16-/m1/s1. The number of piperidine rings is 1. The number of carboxylic acid groups (broad SMARTS) is 1. The fraction of sp³-hybridized carbons (Fsp3) is 0.526. The molecular weight excluding hydrogens is 336 g/mol. The molecular formula is C19H24N2O5. The molecule has 1 aromatic carbocycles. The molecule has 3 rings (SSSR count). The van der Waals surface area contributed by atoms with Gasteiger partial charge in [-0.1, -0.05) is 6.07 Å². The molecule has 2 heterocycles. The minimum atomic E-state index is -0.862. The summed E-state index contributed by atoms with van der Waals surface area (Å²) in [7, 11) is 0. The van der Waals surface area contributed by atoms with Gasteiger partial charge in [0.2, 0.25) is 5.91 Å². The molecule has 0 unspecified atom stereocenters. The van der Waals surface area contributed by atoms with E-state index in [2.05, 4.69) is 0 Å². The number of hydrogen-bond acceptors (Lipinski definition) is 4. The van der Waals surface area contributed by atoms with E-state index in [1.54, 1.807) is 34.9 Å². The molecule has 7 heteroatoms. The Morgan fingerprint density at radius 3 is 2.77 bits per heavy atom. The van der Waals surface area contributed by atoms with Crippen molar-refractivity contribution in [1.82, 2.24) is 4.90 Å². The molecule has 7 nitrogen and oxygen atoms in total. The maximum absolute atomic E-state index is 12.5. The third-order valence-corrected chi connectivity index (χ3v) is 5.19. The van der Waals surface area contributed by atoms with Gasteiger partial charge >= 0.3 is 5.97 Å². The van der Waals surface area contributed by atoms with E-state index in [0.29, 0.717) is 38.1 Å². The number of aliphatic carboxylic acids is 1. The second-order valence-electron chi connectivity index (χ2n) is 6.85. The normalized spacial score (nSPS) is 23.2. The van der Waals surface area contributed by atoms with E-state index in [9.17, 15) is 19.5 Å². The summed E-state index contributed by atoms with van der Waals surface area (Å²) < 4.78 is 5.62. The van der Waals surface area contributed by atoms with Crippen LogP contribution in [0.4, 0.5) is 5.69 Å². The molecule has 0 saturated carbocycles. The van der Waals surface area contributed by atoms with E-state index >= 15 is 0 Å². The van der Waals surface area contributed by atoms with Crippen LogP contribution < -0.4 is 9.64 Å². The van der Waals surface area contributed by atoms with E-state index in [0.717, 1.165) is 12.1 Å². The summed E-state index contributed by atoms with van der Waals surface area (Å²) in [6.45, 7) is 2.88. The van der Waals surface area contributed by atoms with Gasteiger partial charge in [-0.05, 0) is 38.3 Å². The van der Waals surface area contributed by atoms with Crippen molar-refractivity contribution in [3.05, 3.63) is 24.3 Å². The number of anilines is 1. The molecule has 2 atom stereocenters. The average Bonchev–Trinajstić information content (AvgIpc) is 3.06. The highest BCUT2D eigenvalue weighted by atomic mass is 16.5. The quantitative estimate of drug-likeness (QED) is 0.867. The van der Waals surface area contributed by atoms with Gasteiger partial charge in [-0.3, -0.25) is 14.4 Å². The predicted octanol–water partition coefficient (Wildman–Crippen LogP) is 1.90. The third-order valence-electron chi connectivity index (χ3n) is 5.19. The molecule has 26 heavy (non-hydrogen) atoms. The van der Waals surface area contributed by atoms with Crippen LogP contribution in [-0.4, -0.2) is 53.5 Å². The molecule has 2 aliphatic rings. The fourth-order valence-electron chi connectivity index (χ4n) is 3.72. The number of ether oxygens (including phenoxy) is 1. The van der Waals surface area contributed by atoms with Crippen LogP contribution in [0, 0.1) is 5.92 Å². The Morgan fingerprint density at radius 1 is 1.27 bits per heavy atom. The first-order chi connectivity index (χ1) is 12.5. The summed E-state index contributed by atoms with van der Waals surface area (Å²) in [6.07, 6.45) is 2.67. The number of rotatable bonds is 5. The number of hydrogen-bond donors (Lipinski definition) is 1. The van der Waals surface area contributed by atoms with Gasteiger partial charge in [-0.25, -0.2) is 0 Å². The summed E-state index contributed by atoms with van der Waals surface area (Å²) >= 11 is 0. The molecule has 0 spiro atoms. The van der Waals surface area contributed by atoms with Crippen LogP contribution in [0.2, 0.25) is 0 Å². The van der Waals surface area contributed by atoms with Crippen molar-refractivity contribution in [2.75, 3.05) is 24.6 Å². The van der Waals surface area contributed by atoms with Crippen LogP contribution in [0.25, 0.3) is 0 Å². The van der Waals surface area contributed by atoms with Crippen LogP contribution in [-0.2, 0) is 14.4 Å². The van der Waals surface area contributed by atoms with Crippen molar-refractivity contribution >= 4 is 23.5 Å². The van der Waals surface area contributed by atoms with Crippen LogP contribution in [0.1, 0.15) is 32.6 Å². The van der Waals surface area contributed by atoms with Gasteiger partial charge in [0.25, 0.3) is 5.91 Å². The third kappa shape index (κ3) is 3.81. The Hall–Kier alpha value is -2.57. The molecule has 1 N–H and O–H groups in total. The molecule has 2 saturated heterocycles. The number of benzene rings is 1. The monoisotopic (exact) mass is 360 g/mol. The lowest BCUT2D eigenvalue weighted by atomic mass is 9.90. The van der Waals surface area contributed by atoms with E-state index in [1.807, 2.05) is 6.07 Å². The second-order valence-corrected chi connectivity index (χ2v) is 6.85. The van der Waals surface area contributed by atoms with Gasteiger partial charge in [0.15, 0.2) is 6.61 Å². The van der Waals surface area contributed by atoms with Crippen molar-refractivity contribution in [3.8, 4) is 5.75 Å². The van der Waals surface area contributed by atoms with Gasteiger partial charge in [0.05, 0.1) is 5.92 Å². The smallest absolute Gasteiger partial charge is 0.308 e. The predicted molar refractivity (Wildman–Crippen MR) is 95.1 cm³/mol. The molecule has 0 aliphatic carbocycles. The number of carbonyl (C=O) groups excluding carboxylic acids is 2. The summed E-state index contributed by atoms with van der Waals surface area (Å²) in [5.74, 6) is -0.989. The SMILES string of the molecule is C[C@@H]1[C@H](C(=O)O)CCCN1C(=O)COc1cccc(N2CCCC2=O)c1. The van der Waals surface area contributed by atoms with Crippen LogP contribution in [0.5, 0.6) is 5.75 Å². The Kier molecular flexibility index (Phi) is 5.44. The lowest BCUT2D eigenvalue weighted by Gasteiger charge is -2.37. The van der Waals surface area contributed by atoms with Crippen molar-refractivity contribution in [3.63, 3.8) is 0 Å². The maximum atomic E-state index is 12.5. The van der Waals surface area contributed by atoms with E-state index < -0.39 is 11.9 Å². The molecule has 0 aromatic heterocycles. The van der Waals surface area contributed by atoms with Crippen molar-refractivity contribution in [1.29, 1.82) is 0 Å². The topological polar surface area (TPSA) is 87.2 Å². The van der Waals surface area contributed by atoms with Crippen molar-refractivity contribution in [2.24, 2.45) is 5.92 Å². The lowest BCUT2D eigenvalue weighted by molar-refractivity contribution is -0.149. The average molecular weight is 360 g/mol. The van der Waals surface area contributed by atoms with Gasteiger partial charge in [-0.15, -0.1) is 0 Å². The van der Waals surface area contributed by atoms with E-state index in [1.165, 1.54) is 0 Å². The number of carbonyl (C=O) groups is 3. The van der Waals surface area contributed by atoms with E-state index in [4.69, 9.17) is 4.74 Å². The molecule has 1 aromatic rings. The highest BCUT2D eigenvalue weighted by Crippen LogP contribution is 2.26. The van der Waals surface area contributed by atoms with Gasteiger partial charge in [0.1, 0.15) is 5.75 Å².